The van der Waals surface area contributed by atoms with Crippen molar-refractivity contribution >= 4 is 17.6 Å². The minimum absolute atomic E-state index is 0.129. The lowest BCUT2D eigenvalue weighted by Crippen LogP contribution is -2.70. The molecule has 0 aromatic heterocycles. The number of carbonyl (C=O) groups is 2. The van der Waals surface area contributed by atoms with E-state index in [4.69, 9.17) is 4.74 Å². The highest BCUT2D eigenvalue weighted by molar-refractivity contribution is 6.01. The van der Waals surface area contributed by atoms with Crippen LogP contribution in [-0.2, 0) is 14.3 Å². The highest BCUT2D eigenvalue weighted by Crippen LogP contribution is 2.31. The fourth-order valence-electron chi connectivity index (χ4n) is 2.76. The van der Waals surface area contributed by atoms with E-state index in [-0.39, 0.29) is 11.8 Å². The second-order valence-corrected chi connectivity index (χ2v) is 5.95. The molecule has 21 heavy (non-hydrogen) atoms. The molecular weight excluding hydrogens is 268 g/mol. The monoisotopic (exact) mass is 286 g/mol. The van der Waals surface area contributed by atoms with Crippen molar-refractivity contribution in [3.05, 3.63) is 42.1 Å². The zero-order valence-corrected chi connectivity index (χ0v) is 12.3. The third kappa shape index (κ3) is 2.18. The summed E-state index contributed by atoms with van der Waals surface area (Å²) in [7, 11) is 0. The molecule has 2 aliphatic heterocycles. The zero-order chi connectivity index (χ0) is 15.2. The summed E-state index contributed by atoms with van der Waals surface area (Å²) in [5, 5.41) is 2.75. The van der Waals surface area contributed by atoms with Gasteiger partial charge in [-0.15, -0.1) is 0 Å². The van der Waals surface area contributed by atoms with Gasteiger partial charge in [-0.2, -0.15) is 0 Å². The number of amides is 2. The predicted molar refractivity (Wildman–Crippen MR) is 77.8 cm³/mol. The molecule has 2 aliphatic rings. The Morgan fingerprint density at radius 2 is 1.86 bits per heavy atom. The van der Waals surface area contributed by atoms with Gasteiger partial charge in [-0.3, -0.25) is 14.5 Å². The Morgan fingerprint density at radius 3 is 2.52 bits per heavy atom. The summed E-state index contributed by atoms with van der Waals surface area (Å²) in [6, 6.07) is 8.95. The summed E-state index contributed by atoms with van der Waals surface area (Å²) in [4.78, 5) is 26.3. The maximum atomic E-state index is 12.6. The van der Waals surface area contributed by atoms with Crippen LogP contribution in [-0.4, -0.2) is 34.4 Å². The zero-order valence-electron chi connectivity index (χ0n) is 12.3. The molecule has 2 amide bonds. The van der Waals surface area contributed by atoms with E-state index in [1.807, 2.05) is 30.3 Å². The van der Waals surface area contributed by atoms with Crippen LogP contribution in [0.25, 0.3) is 5.76 Å². The Hall–Kier alpha value is -2.30. The van der Waals surface area contributed by atoms with Gasteiger partial charge in [0.1, 0.15) is 17.4 Å². The lowest BCUT2D eigenvalue weighted by Gasteiger charge is -2.45. The molecule has 0 aliphatic carbocycles. The molecule has 0 bridgehead atoms. The fourth-order valence-corrected chi connectivity index (χ4v) is 2.76. The van der Waals surface area contributed by atoms with Crippen LogP contribution in [0.1, 0.15) is 26.3 Å². The molecule has 1 N–H and O–H groups in total. The Labute approximate surface area is 123 Å². The highest BCUT2D eigenvalue weighted by atomic mass is 16.5. The van der Waals surface area contributed by atoms with Crippen molar-refractivity contribution < 1.29 is 14.3 Å². The lowest BCUT2D eigenvalue weighted by atomic mass is 9.94. The summed E-state index contributed by atoms with van der Waals surface area (Å²) in [6.07, 6.45) is 1.24. The molecule has 0 spiro atoms. The van der Waals surface area contributed by atoms with Crippen LogP contribution in [0.3, 0.4) is 0 Å². The standard InChI is InChI=1S/C16H18N2O3/c1-10-13-14(19)17-16(2,3)15(20)18(13)9-12(21-10)11-7-5-4-6-8-11/h4-10,13H,1-3H3,(H,17,19)/t10-,13+/m1/s1. The van der Waals surface area contributed by atoms with E-state index >= 15 is 0 Å². The average Bonchev–Trinajstić information content (AvgIpc) is 2.44. The first-order valence-electron chi connectivity index (χ1n) is 6.99. The van der Waals surface area contributed by atoms with Crippen LogP contribution in [0, 0.1) is 0 Å². The van der Waals surface area contributed by atoms with Gasteiger partial charge in [-0.25, -0.2) is 0 Å². The number of carbonyl (C=O) groups excluding carboxylic acids is 2. The number of nitrogens with one attached hydrogen (secondary N) is 1. The minimum atomic E-state index is -0.900. The van der Waals surface area contributed by atoms with Crippen LogP contribution in [0.5, 0.6) is 0 Å². The maximum Gasteiger partial charge on any atom is 0.252 e. The highest BCUT2D eigenvalue weighted by Gasteiger charge is 2.49. The van der Waals surface area contributed by atoms with E-state index in [2.05, 4.69) is 5.32 Å². The Balaban J connectivity index is 2.03. The van der Waals surface area contributed by atoms with Crippen LogP contribution >= 0.6 is 0 Å². The van der Waals surface area contributed by atoms with E-state index in [0.717, 1.165) is 5.56 Å². The average molecular weight is 286 g/mol. The minimum Gasteiger partial charge on any atom is -0.486 e. The van der Waals surface area contributed by atoms with E-state index in [9.17, 15) is 9.59 Å². The normalized spacial score (nSPS) is 27.4. The second kappa shape index (κ2) is 4.62. The predicted octanol–water partition coefficient (Wildman–Crippen LogP) is 1.51. The van der Waals surface area contributed by atoms with E-state index in [1.54, 1.807) is 27.0 Å². The van der Waals surface area contributed by atoms with E-state index in [1.165, 1.54) is 4.90 Å². The van der Waals surface area contributed by atoms with Crippen LogP contribution in [0.2, 0.25) is 0 Å². The number of hydrogen-bond donors (Lipinski definition) is 1. The van der Waals surface area contributed by atoms with Crippen molar-refractivity contribution in [1.29, 1.82) is 0 Å². The van der Waals surface area contributed by atoms with Gasteiger partial charge < -0.3 is 10.1 Å². The molecule has 2 atom stereocenters. The maximum absolute atomic E-state index is 12.6. The van der Waals surface area contributed by atoms with Crippen molar-refractivity contribution in [3.63, 3.8) is 0 Å². The first-order valence-corrected chi connectivity index (χ1v) is 6.99. The second-order valence-electron chi connectivity index (χ2n) is 5.95. The molecular formula is C16H18N2O3. The fraction of sp³-hybridized carbons (Fsp3) is 0.375. The van der Waals surface area contributed by atoms with E-state index in [0.29, 0.717) is 5.76 Å². The van der Waals surface area contributed by atoms with Gasteiger partial charge in [0.2, 0.25) is 5.91 Å². The van der Waals surface area contributed by atoms with Gasteiger partial charge in [0.25, 0.3) is 5.91 Å². The first kappa shape index (κ1) is 13.7. The topological polar surface area (TPSA) is 58.6 Å². The first-order chi connectivity index (χ1) is 9.90. The van der Waals surface area contributed by atoms with Gasteiger partial charge in [0.05, 0.1) is 6.20 Å². The van der Waals surface area contributed by atoms with Gasteiger partial charge in [0, 0.05) is 5.56 Å². The number of benzene rings is 1. The van der Waals surface area contributed by atoms with Gasteiger partial charge in [-0.1, -0.05) is 30.3 Å². The summed E-state index contributed by atoms with van der Waals surface area (Å²) in [6.45, 7) is 5.22. The number of nitrogens with zero attached hydrogens (tertiary/aromatic N) is 1. The molecule has 5 nitrogen and oxygen atoms in total. The molecule has 1 aromatic rings. The lowest BCUT2D eigenvalue weighted by molar-refractivity contribution is -0.155. The third-order valence-electron chi connectivity index (χ3n) is 3.85. The quantitative estimate of drug-likeness (QED) is 0.851. The number of rotatable bonds is 1. The summed E-state index contributed by atoms with van der Waals surface area (Å²) >= 11 is 0. The molecule has 0 unspecified atom stereocenters. The number of fused-ring (bicyclic) bond motifs is 1. The number of hydrogen-bond acceptors (Lipinski definition) is 3. The molecule has 2 heterocycles. The molecule has 3 rings (SSSR count). The summed E-state index contributed by atoms with van der Waals surface area (Å²) in [5.41, 5.74) is -0.0115. The van der Waals surface area contributed by atoms with Crippen molar-refractivity contribution in [2.45, 2.75) is 38.5 Å². The molecule has 1 aromatic carbocycles. The van der Waals surface area contributed by atoms with Crippen LogP contribution in [0.15, 0.2) is 36.5 Å². The molecule has 110 valence electrons. The van der Waals surface area contributed by atoms with Gasteiger partial charge in [0.15, 0.2) is 6.04 Å². The number of ether oxygens (including phenoxy) is 1. The molecule has 0 radical (unpaired) electrons. The smallest absolute Gasteiger partial charge is 0.252 e. The number of piperazine rings is 1. The molecule has 0 saturated carbocycles. The van der Waals surface area contributed by atoms with Gasteiger partial charge in [-0.05, 0) is 20.8 Å². The Bertz CT molecular complexity index is 622. The van der Waals surface area contributed by atoms with Crippen LogP contribution < -0.4 is 5.32 Å². The Morgan fingerprint density at radius 1 is 1.19 bits per heavy atom. The third-order valence-corrected chi connectivity index (χ3v) is 3.85. The van der Waals surface area contributed by atoms with Crippen molar-refractivity contribution in [2.24, 2.45) is 0 Å². The Kier molecular flexibility index (Phi) is 3.01. The molecule has 5 heteroatoms. The van der Waals surface area contributed by atoms with Crippen molar-refractivity contribution in [1.82, 2.24) is 10.2 Å². The molecule has 1 fully saturated rings. The molecule has 1 saturated heterocycles. The van der Waals surface area contributed by atoms with Crippen molar-refractivity contribution in [2.75, 3.05) is 0 Å². The van der Waals surface area contributed by atoms with E-state index < -0.39 is 17.7 Å². The SMILES string of the molecule is C[C@H]1OC(c2ccccc2)=CN2C(=O)C(C)(C)NC(=O)[C@H]12. The van der Waals surface area contributed by atoms with Crippen molar-refractivity contribution in [3.8, 4) is 0 Å². The summed E-state index contributed by atoms with van der Waals surface area (Å²) in [5.74, 6) is 0.296. The summed E-state index contributed by atoms with van der Waals surface area (Å²) < 4.78 is 5.84. The van der Waals surface area contributed by atoms with Gasteiger partial charge >= 0.3 is 0 Å². The van der Waals surface area contributed by atoms with Crippen LogP contribution in [0.4, 0.5) is 0 Å². The largest absolute Gasteiger partial charge is 0.486 e.